The third-order valence-electron chi connectivity index (χ3n) is 7.30. The smallest absolute Gasteiger partial charge is 0.255 e. The first-order valence-corrected chi connectivity index (χ1v) is 11.9. The molecule has 3 N–H and O–H groups in total. The maximum Gasteiger partial charge on any atom is 0.255 e. The fourth-order valence-corrected chi connectivity index (χ4v) is 5.50. The number of benzene rings is 2. The van der Waals surface area contributed by atoms with Crippen molar-refractivity contribution < 1.29 is 23.6 Å². The number of halogens is 1. The first-order chi connectivity index (χ1) is 16.8. The van der Waals surface area contributed by atoms with E-state index in [1.807, 2.05) is 18.2 Å². The fourth-order valence-electron chi connectivity index (χ4n) is 5.50. The first-order valence-electron chi connectivity index (χ1n) is 11.9. The molecule has 8 nitrogen and oxygen atoms in total. The summed E-state index contributed by atoms with van der Waals surface area (Å²) in [7, 11) is 0. The highest BCUT2D eigenvalue weighted by Crippen LogP contribution is 2.38. The van der Waals surface area contributed by atoms with Gasteiger partial charge in [0, 0.05) is 30.6 Å². The summed E-state index contributed by atoms with van der Waals surface area (Å²) in [6, 6.07) is 9.35. The molecule has 3 aliphatic heterocycles. The van der Waals surface area contributed by atoms with Gasteiger partial charge in [0.15, 0.2) is 0 Å². The van der Waals surface area contributed by atoms with Gasteiger partial charge in [-0.25, -0.2) is 4.39 Å². The second-order valence-corrected chi connectivity index (χ2v) is 9.54. The molecule has 0 aromatic heterocycles. The van der Waals surface area contributed by atoms with Crippen LogP contribution >= 0.6 is 0 Å². The van der Waals surface area contributed by atoms with Gasteiger partial charge in [0.1, 0.15) is 11.9 Å². The van der Waals surface area contributed by atoms with Crippen molar-refractivity contribution in [1.82, 2.24) is 15.1 Å². The maximum atomic E-state index is 14.6. The van der Waals surface area contributed by atoms with Crippen molar-refractivity contribution in [2.45, 2.75) is 50.7 Å². The zero-order valence-electron chi connectivity index (χ0n) is 19.3. The van der Waals surface area contributed by atoms with Crippen molar-refractivity contribution >= 4 is 23.6 Å². The van der Waals surface area contributed by atoms with E-state index in [0.29, 0.717) is 17.7 Å². The van der Waals surface area contributed by atoms with E-state index in [9.17, 15) is 23.6 Å². The molecule has 2 aromatic carbocycles. The number of nitrogens with two attached hydrogens (primary N) is 1. The van der Waals surface area contributed by atoms with Gasteiger partial charge in [0.05, 0.1) is 0 Å². The SMILES string of the molecule is NC(=O)c1cccc(CN2CCC(c3cc(F)cc4c3CN(C3CCC(=O)NC3=O)C4=O)CC2)c1. The lowest BCUT2D eigenvalue weighted by Gasteiger charge is -2.33. The number of imide groups is 1. The average Bonchev–Trinajstić information content (AvgIpc) is 3.15. The van der Waals surface area contributed by atoms with E-state index in [-0.39, 0.29) is 37.1 Å². The molecule has 35 heavy (non-hydrogen) atoms. The third-order valence-corrected chi connectivity index (χ3v) is 7.30. The number of rotatable bonds is 5. The summed E-state index contributed by atoms with van der Waals surface area (Å²) < 4.78 is 14.6. The molecule has 3 heterocycles. The molecule has 3 aliphatic rings. The topological polar surface area (TPSA) is 113 Å². The quantitative estimate of drug-likeness (QED) is 0.639. The Balaban J connectivity index is 1.30. The van der Waals surface area contributed by atoms with Gasteiger partial charge in [-0.1, -0.05) is 12.1 Å². The summed E-state index contributed by atoms with van der Waals surface area (Å²) in [6.07, 6.45) is 2.06. The van der Waals surface area contributed by atoms with E-state index in [0.717, 1.165) is 42.6 Å². The largest absolute Gasteiger partial charge is 0.366 e. The summed E-state index contributed by atoms with van der Waals surface area (Å²) in [5.74, 6) is -1.98. The molecule has 4 amide bonds. The van der Waals surface area contributed by atoms with Crippen molar-refractivity contribution in [2.75, 3.05) is 13.1 Å². The van der Waals surface area contributed by atoms with Gasteiger partial charge < -0.3 is 10.6 Å². The number of carbonyl (C=O) groups is 4. The normalized spacial score (nSPS) is 21.2. The van der Waals surface area contributed by atoms with E-state index in [2.05, 4.69) is 10.2 Å². The van der Waals surface area contributed by atoms with Gasteiger partial charge in [0.2, 0.25) is 17.7 Å². The molecule has 0 aliphatic carbocycles. The fraction of sp³-hybridized carbons (Fsp3) is 0.385. The number of fused-ring (bicyclic) bond motifs is 1. The summed E-state index contributed by atoms with van der Waals surface area (Å²) >= 11 is 0. The molecule has 0 bridgehead atoms. The molecule has 5 rings (SSSR count). The second kappa shape index (κ2) is 9.22. The Bertz CT molecular complexity index is 1220. The van der Waals surface area contributed by atoms with Crippen LogP contribution in [0.15, 0.2) is 36.4 Å². The third kappa shape index (κ3) is 4.55. The van der Waals surface area contributed by atoms with Gasteiger partial charge in [0.25, 0.3) is 5.91 Å². The zero-order chi connectivity index (χ0) is 24.7. The molecule has 9 heteroatoms. The first kappa shape index (κ1) is 23.2. The standard InChI is InChI=1S/C26H27FN4O4/c27-18-11-19(16-6-8-30(9-7-16)13-15-2-1-3-17(10-15)24(28)33)21-14-31(26(35)20(21)12-18)22-4-5-23(32)29-25(22)34/h1-3,10-12,16,22H,4-9,13-14H2,(H2,28,33)(H,29,32,34). The highest BCUT2D eigenvalue weighted by molar-refractivity contribution is 6.05. The van der Waals surface area contributed by atoms with Crippen LogP contribution in [-0.4, -0.2) is 52.6 Å². The van der Waals surface area contributed by atoms with Gasteiger partial charge in [-0.15, -0.1) is 0 Å². The molecule has 1 atom stereocenters. The minimum absolute atomic E-state index is 0.0992. The Labute approximate surface area is 202 Å². The van der Waals surface area contributed by atoms with Crippen LogP contribution in [0.4, 0.5) is 4.39 Å². The molecule has 2 saturated heterocycles. The maximum absolute atomic E-state index is 14.6. The number of nitrogens with zero attached hydrogens (tertiary/aromatic N) is 2. The highest BCUT2D eigenvalue weighted by atomic mass is 19.1. The summed E-state index contributed by atoms with van der Waals surface area (Å²) in [4.78, 5) is 52.2. The van der Waals surface area contributed by atoms with Crippen molar-refractivity contribution in [3.05, 3.63) is 70.0 Å². The lowest BCUT2D eigenvalue weighted by molar-refractivity contribution is -0.136. The van der Waals surface area contributed by atoms with Crippen LogP contribution in [0.25, 0.3) is 0 Å². The molecule has 0 saturated carbocycles. The van der Waals surface area contributed by atoms with Crippen LogP contribution in [0.5, 0.6) is 0 Å². The number of carbonyl (C=O) groups excluding carboxylic acids is 4. The molecule has 2 aromatic rings. The van der Waals surface area contributed by atoms with E-state index in [4.69, 9.17) is 5.73 Å². The van der Waals surface area contributed by atoms with Gasteiger partial charge >= 0.3 is 0 Å². The predicted molar refractivity (Wildman–Crippen MR) is 125 cm³/mol. The van der Waals surface area contributed by atoms with E-state index in [1.165, 1.54) is 17.0 Å². The van der Waals surface area contributed by atoms with E-state index in [1.54, 1.807) is 6.07 Å². The number of primary amides is 1. The number of hydrogen-bond acceptors (Lipinski definition) is 5. The van der Waals surface area contributed by atoms with Gasteiger partial charge in [-0.05, 0) is 79.2 Å². The minimum atomic E-state index is -0.721. The lowest BCUT2D eigenvalue weighted by atomic mass is 9.85. The Morgan fingerprint density at radius 3 is 2.57 bits per heavy atom. The summed E-state index contributed by atoms with van der Waals surface area (Å²) in [5, 5.41) is 2.30. The summed E-state index contributed by atoms with van der Waals surface area (Å²) in [6.45, 7) is 2.52. The monoisotopic (exact) mass is 478 g/mol. The van der Waals surface area contributed by atoms with Crippen molar-refractivity contribution in [1.29, 1.82) is 0 Å². The highest BCUT2D eigenvalue weighted by Gasteiger charge is 2.41. The molecule has 1 unspecified atom stereocenters. The lowest BCUT2D eigenvalue weighted by Crippen LogP contribution is -2.52. The Kier molecular flexibility index (Phi) is 6.10. The van der Waals surface area contributed by atoms with Crippen molar-refractivity contribution in [2.24, 2.45) is 5.73 Å². The van der Waals surface area contributed by atoms with Crippen molar-refractivity contribution in [3.63, 3.8) is 0 Å². The molecule has 0 spiro atoms. The average molecular weight is 479 g/mol. The molecular weight excluding hydrogens is 451 g/mol. The predicted octanol–water partition coefficient (Wildman–Crippen LogP) is 2.07. The Hall–Kier alpha value is -3.59. The van der Waals surface area contributed by atoms with E-state index < -0.39 is 23.7 Å². The number of amides is 4. The molecular formula is C26H27FN4O4. The Morgan fingerprint density at radius 2 is 1.86 bits per heavy atom. The Morgan fingerprint density at radius 1 is 1.09 bits per heavy atom. The van der Waals surface area contributed by atoms with E-state index >= 15 is 0 Å². The second-order valence-electron chi connectivity index (χ2n) is 9.54. The van der Waals surface area contributed by atoms with Crippen LogP contribution in [0.1, 0.15) is 69.0 Å². The number of nitrogens with one attached hydrogen (secondary N) is 1. The number of likely N-dealkylation sites (tertiary alicyclic amines) is 1. The van der Waals surface area contributed by atoms with Crippen LogP contribution in [0, 0.1) is 5.82 Å². The number of piperidine rings is 2. The minimum Gasteiger partial charge on any atom is -0.366 e. The van der Waals surface area contributed by atoms with Crippen LogP contribution < -0.4 is 11.1 Å². The zero-order valence-corrected chi connectivity index (χ0v) is 19.3. The molecule has 0 radical (unpaired) electrons. The molecule has 2 fully saturated rings. The van der Waals surface area contributed by atoms with Crippen LogP contribution in [0.2, 0.25) is 0 Å². The van der Waals surface area contributed by atoms with Crippen LogP contribution in [0.3, 0.4) is 0 Å². The molecule has 182 valence electrons. The number of hydrogen-bond donors (Lipinski definition) is 2. The van der Waals surface area contributed by atoms with Gasteiger partial charge in [-0.3, -0.25) is 29.4 Å². The van der Waals surface area contributed by atoms with Crippen molar-refractivity contribution in [3.8, 4) is 0 Å². The van der Waals surface area contributed by atoms with Gasteiger partial charge in [-0.2, -0.15) is 0 Å². The summed E-state index contributed by atoms with van der Waals surface area (Å²) in [5.41, 5.74) is 8.82. The van der Waals surface area contributed by atoms with Crippen LogP contribution in [-0.2, 0) is 22.7 Å².